The number of anilines is 1. The highest BCUT2D eigenvalue weighted by Crippen LogP contribution is 2.32. The van der Waals surface area contributed by atoms with Crippen LogP contribution in [0.1, 0.15) is 32.6 Å². The monoisotopic (exact) mass is 255 g/mol. The second-order valence-electron chi connectivity index (χ2n) is 4.66. The summed E-state index contributed by atoms with van der Waals surface area (Å²) in [5.74, 6) is 2.00. The van der Waals surface area contributed by atoms with Gasteiger partial charge >= 0.3 is 0 Å². The zero-order chi connectivity index (χ0) is 12.3. The van der Waals surface area contributed by atoms with Crippen LogP contribution in [0.4, 0.5) is 5.82 Å². The predicted octanol–water partition coefficient (Wildman–Crippen LogP) is 3.13. The summed E-state index contributed by atoms with van der Waals surface area (Å²) in [4.78, 5) is 8.11. The minimum Gasteiger partial charge on any atom is -0.490 e. The number of nitrogens with zero attached hydrogens (tertiary/aromatic N) is 2. The zero-order valence-corrected chi connectivity index (χ0v) is 11.0. The molecular formula is C12H18ClN3O. The smallest absolute Gasteiger partial charge is 0.198 e. The van der Waals surface area contributed by atoms with Gasteiger partial charge in [0.15, 0.2) is 16.7 Å². The molecule has 0 radical (unpaired) electrons. The van der Waals surface area contributed by atoms with Crippen molar-refractivity contribution in [2.75, 3.05) is 12.4 Å². The van der Waals surface area contributed by atoms with Crippen LogP contribution in [0, 0.1) is 5.92 Å². The molecule has 5 heteroatoms. The average molecular weight is 256 g/mol. The molecule has 0 amide bonds. The van der Waals surface area contributed by atoms with E-state index in [0.717, 1.165) is 5.92 Å². The van der Waals surface area contributed by atoms with Crippen molar-refractivity contribution in [3.05, 3.63) is 11.5 Å². The van der Waals surface area contributed by atoms with Gasteiger partial charge < -0.3 is 10.1 Å². The Bertz CT molecular complexity index is 386. The van der Waals surface area contributed by atoms with Gasteiger partial charge in [-0.15, -0.1) is 0 Å². The largest absolute Gasteiger partial charge is 0.490 e. The molecular weight excluding hydrogens is 238 g/mol. The van der Waals surface area contributed by atoms with Gasteiger partial charge in [0.1, 0.15) is 6.33 Å². The molecule has 1 aliphatic carbocycles. The Kier molecular flexibility index (Phi) is 4.05. The van der Waals surface area contributed by atoms with Crippen LogP contribution in [0.15, 0.2) is 6.33 Å². The molecule has 1 saturated carbocycles. The molecule has 0 aromatic carbocycles. The number of nitrogens with one attached hydrogen (secondary N) is 1. The summed E-state index contributed by atoms with van der Waals surface area (Å²) in [7, 11) is 1.58. The van der Waals surface area contributed by atoms with Crippen LogP contribution in [-0.4, -0.2) is 23.1 Å². The van der Waals surface area contributed by atoms with E-state index in [1.54, 1.807) is 7.11 Å². The summed E-state index contributed by atoms with van der Waals surface area (Å²) < 4.78 is 5.23. The van der Waals surface area contributed by atoms with E-state index in [2.05, 4.69) is 22.2 Å². The Balaban J connectivity index is 2.10. The molecule has 1 aromatic rings. The lowest BCUT2D eigenvalue weighted by atomic mass is 9.87. The molecule has 1 heterocycles. The summed E-state index contributed by atoms with van der Waals surface area (Å²) in [6.45, 7) is 2.29. The lowest BCUT2D eigenvalue weighted by Crippen LogP contribution is -2.26. The Morgan fingerprint density at radius 1 is 1.41 bits per heavy atom. The molecule has 0 bridgehead atoms. The quantitative estimate of drug-likeness (QED) is 0.843. The highest BCUT2D eigenvalue weighted by molar-refractivity contribution is 6.31. The minimum absolute atomic E-state index is 0.355. The highest BCUT2D eigenvalue weighted by Gasteiger charge is 2.21. The Morgan fingerprint density at radius 3 is 2.94 bits per heavy atom. The molecule has 2 unspecified atom stereocenters. The van der Waals surface area contributed by atoms with Crippen molar-refractivity contribution in [3.63, 3.8) is 0 Å². The number of methoxy groups -OCH3 is 1. The van der Waals surface area contributed by atoms with Crippen molar-refractivity contribution >= 4 is 17.4 Å². The molecule has 0 spiro atoms. The summed E-state index contributed by atoms with van der Waals surface area (Å²) in [5.41, 5.74) is 0. The van der Waals surface area contributed by atoms with Gasteiger partial charge in [-0.1, -0.05) is 31.4 Å². The van der Waals surface area contributed by atoms with Crippen molar-refractivity contribution in [1.82, 2.24) is 9.97 Å². The van der Waals surface area contributed by atoms with Crippen LogP contribution >= 0.6 is 11.6 Å². The van der Waals surface area contributed by atoms with Gasteiger partial charge in [-0.05, 0) is 18.8 Å². The van der Waals surface area contributed by atoms with E-state index in [9.17, 15) is 0 Å². The van der Waals surface area contributed by atoms with Crippen molar-refractivity contribution in [1.29, 1.82) is 0 Å². The normalized spacial score (nSPS) is 24.4. The molecule has 2 rings (SSSR count). The van der Waals surface area contributed by atoms with Gasteiger partial charge in [0.05, 0.1) is 7.11 Å². The summed E-state index contributed by atoms with van der Waals surface area (Å²) in [6.07, 6.45) is 6.39. The summed E-state index contributed by atoms with van der Waals surface area (Å²) in [5, 5.41) is 3.77. The predicted molar refractivity (Wildman–Crippen MR) is 68.6 cm³/mol. The maximum Gasteiger partial charge on any atom is 0.198 e. The fourth-order valence-corrected chi connectivity index (χ4v) is 2.60. The first-order valence-corrected chi connectivity index (χ1v) is 6.39. The van der Waals surface area contributed by atoms with Crippen molar-refractivity contribution < 1.29 is 4.74 Å². The van der Waals surface area contributed by atoms with E-state index in [1.165, 1.54) is 32.0 Å². The van der Waals surface area contributed by atoms with Crippen LogP contribution in [0.25, 0.3) is 0 Å². The summed E-state index contributed by atoms with van der Waals surface area (Å²) >= 11 is 5.96. The standard InChI is InChI=1S/C12H18ClN3O/c1-8-4-3-5-9(6-8)16-12-10(17-2)11(13)14-7-15-12/h7-9H,3-6H2,1-2H3,(H,14,15,16). The van der Waals surface area contributed by atoms with E-state index in [1.807, 2.05) is 0 Å². The van der Waals surface area contributed by atoms with E-state index < -0.39 is 0 Å². The topological polar surface area (TPSA) is 47.0 Å². The third-order valence-corrected chi connectivity index (χ3v) is 3.51. The number of halogens is 1. The molecule has 17 heavy (non-hydrogen) atoms. The van der Waals surface area contributed by atoms with Gasteiger partial charge in [0.2, 0.25) is 0 Å². The first kappa shape index (κ1) is 12.4. The maximum absolute atomic E-state index is 5.96. The molecule has 1 fully saturated rings. The third-order valence-electron chi connectivity index (χ3n) is 3.24. The maximum atomic E-state index is 5.96. The highest BCUT2D eigenvalue weighted by atomic mass is 35.5. The van der Waals surface area contributed by atoms with Crippen LogP contribution in [0.2, 0.25) is 5.15 Å². The molecule has 2 atom stereocenters. The van der Waals surface area contributed by atoms with E-state index in [4.69, 9.17) is 16.3 Å². The molecule has 0 aliphatic heterocycles. The number of hydrogen-bond donors (Lipinski definition) is 1. The Morgan fingerprint density at radius 2 is 2.24 bits per heavy atom. The number of hydrogen-bond acceptors (Lipinski definition) is 4. The van der Waals surface area contributed by atoms with Gasteiger partial charge in [0, 0.05) is 6.04 Å². The van der Waals surface area contributed by atoms with Crippen LogP contribution in [0.3, 0.4) is 0 Å². The Labute approximate surface area is 107 Å². The van der Waals surface area contributed by atoms with Gasteiger partial charge in [-0.3, -0.25) is 0 Å². The fourth-order valence-electron chi connectivity index (χ4n) is 2.39. The number of ether oxygens (including phenoxy) is 1. The van der Waals surface area contributed by atoms with E-state index >= 15 is 0 Å². The fraction of sp³-hybridized carbons (Fsp3) is 0.667. The molecule has 1 aliphatic rings. The van der Waals surface area contributed by atoms with Crippen LogP contribution < -0.4 is 10.1 Å². The zero-order valence-electron chi connectivity index (χ0n) is 10.2. The minimum atomic E-state index is 0.355. The van der Waals surface area contributed by atoms with Gasteiger partial charge in [0.25, 0.3) is 0 Å². The lowest BCUT2D eigenvalue weighted by molar-refractivity contribution is 0.356. The molecule has 1 N–H and O–H groups in total. The first-order valence-electron chi connectivity index (χ1n) is 6.01. The second-order valence-corrected chi connectivity index (χ2v) is 5.02. The first-order chi connectivity index (χ1) is 8.20. The SMILES string of the molecule is COc1c(Cl)ncnc1NC1CCCC(C)C1. The molecule has 0 saturated heterocycles. The van der Waals surface area contributed by atoms with Gasteiger partial charge in [-0.2, -0.15) is 0 Å². The summed E-state index contributed by atoms with van der Waals surface area (Å²) in [6, 6.07) is 0.457. The second kappa shape index (κ2) is 5.54. The average Bonchev–Trinajstić information content (AvgIpc) is 2.29. The van der Waals surface area contributed by atoms with E-state index in [0.29, 0.717) is 22.8 Å². The number of rotatable bonds is 3. The van der Waals surface area contributed by atoms with Gasteiger partial charge in [-0.25, -0.2) is 9.97 Å². The molecule has 4 nitrogen and oxygen atoms in total. The van der Waals surface area contributed by atoms with E-state index in [-0.39, 0.29) is 0 Å². The molecule has 1 aromatic heterocycles. The van der Waals surface area contributed by atoms with Crippen molar-refractivity contribution in [2.24, 2.45) is 5.92 Å². The Hall–Kier alpha value is -1.03. The van der Waals surface area contributed by atoms with Crippen molar-refractivity contribution in [2.45, 2.75) is 38.6 Å². The lowest BCUT2D eigenvalue weighted by Gasteiger charge is -2.28. The number of aromatic nitrogens is 2. The molecule has 94 valence electrons. The van der Waals surface area contributed by atoms with Crippen LogP contribution in [-0.2, 0) is 0 Å². The van der Waals surface area contributed by atoms with Crippen molar-refractivity contribution in [3.8, 4) is 5.75 Å². The van der Waals surface area contributed by atoms with Crippen LogP contribution in [0.5, 0.6) is 5.75 Å². The third kappa shape index (κ3) is 3.00.